The van der Waals surface area contributed by atoms with E-state index in [2.05, 4.69) is 0 Å². The maximum atomic E-state index is 12.4. The van der Waals surface area contributed by atoms with E-state index in [4.69, 9.17) is 9.47 Å². The Bertz CT molecular complexity index is 843. The Morgan fingerprint density at radius 1 is 0.966 bits per heavy atom. The molecule has 0 bridgehead atoms. The third kappa shape index (κ3) is 6.10. The minimum atomic E-state index is -0.317. The van der Waals surface area contributed by atoms with Gasteiger partial charge in [-0.1, -0.05) is 42.5 Å². The lowest BCUT2D eigenvalue weighted by molar-refractivity contribution is -0.127. The van der Waals surface area contributed by atoms with E-state index in [9.17, 15) is 9.59 Å². The van der Waals surface area contributed by atoms with Crippen LogP contribution in [0.1, 0.15) is 18.1 Å². The topological polar surface area (TPSA) is 59.1 Å². The fraction of sp³-hybridized carbons (Fsp3) is 0.304. The molecule has 3 rings (SSSR count). The number of benzene rings is 2. The van der Waals surface area contributed by atoms with Gasteiger partial charge in [-0.25, -0.2) is 4.79 Å². The first-order valence-corrected chi connectivity index (χ1v) is 9.81. The van der Waals surface area contributed by atoms with E-state index >= 15 is 0 Å². The highest BCUT2D eigenvalue weighted by molar-refractivity contribution is 5.92. The number of amides is 2. The van der Waals surface area contributed by atoms with Crippen LogP contribution in [0.4, 0.5) is 4.79 Å². The quantitative estimate of drug-likeness (QED) is 0.703. The van der Waals surface area contributed by atoms with Crippen molar-refractivity contribution < 1.29 is 19.1 Å². The molecule has 0 radical (unpaired) electrons. The number of carbonyl (C=O) groups is 2. The second-order valence-electron chi connectivity index (χ2n) is 6.69. The van der Waals surface area contributed by atoms with Gasteiger partial charge < -0.3 is 19.3 Å². The van der Waals surface area contributed by atoms with Crippen molar-refractivity contribution >= 4 is 18.1 Å². The molecule has 0 unspecified atom stereocenters. The summed E-state index contributed by atoms with van der Waals surface area (Å²) in [6.45, 7) is 4.61. The Hall–Kier alpha value is -3.28. The summed E-state index contributed by atoms with van der Waals surface area (Å²) in [7, 11) is 0. The summed E-state index contributed by atoms with van der Waals surface area (Å²) < 4.78 is 10.8. The fourth-order valence-electron chi connectivity index (χ4n) is 3.05. The van der Waals surface area contributed by atoms with E-state index in [1.54, 1.807) is 28.9 Å². The van der Waals surface area contributed by atoms with Crippen molar-refractivity contribution in [2.75, 3.05) is 32.8 Å². The van der Waals surface area contributed by atoms with Gasteiger partial charge in [-0.3, -0.25) is 4.79 Å². The van der Waals surface area contributed by atoms with E-state index in [0.29, 0.717) is 39.4 Å². The second-order valence-corrected chi connectivity index (χ2v) is 6.69. The molecule has 1 fully saturated rings. The second kappa shape index (κ2) is 10.3. The number of rotatable bonds is 6. The van der Waals surface area contributed by atoms with E-state index in [1.165, 1.54) is 0 Å². The molecule has 152 valence electrons. The zero-order valence-corrected chi connectivity index (χ0v) is 16.6. The van der Waals surface area contributed by atoms with Crippen molar-refractivity contribution in [3.63, 3.8) is 0 Å². The Balaban J connectivity index is 1.51. The Morgan fingerprint density at radius 3 is 2.41 bits per heavy atom. The molecule has 1 aliphatic heterocycles. The van der Waals surface area contributed by atoms with Gasteiger partial charge in [-0.05, 0) is 36.3 Å². The molecular weight excluding hydrogens is 368 g/mol. The minimum absolute atomic E-state index is 0.0656. The zero-order valence-electron chi connectivity index (χ0n) is 16.6. The lowest BCUT2D eigenvalue weighted by Gasteiger charge is -2.33. The molecule has 29 heavy (non-hydrogen) atoms. The van der Waals surface area contributed by atoms with Crippen LogP contribution in [0.25, 0.3) is 6.08 Å². The molecule has 0 atom stereocenters. The van der Waals surface area contributed by atoms with E-state index in [0.717, 1.165) is 16.9 Å². The van der Waals surface area contributed by atoms with Crippen LogP contribution in [-0.4, -0.2) is 54.6 Å². The van der Waals surface area contributed by atoms with Crippen LogP contribution < -0.4 is 4.74 Å². The first kappa shape index (κ1) is 20.5. The number of ether oxygens (including phenoxy) is 2. The molecule has 2 aromatic carbocycles. The average molecular weight is 394 g/mol. The van der Waals surface area contributed by atoms with Crippen LogP contribution in [-0.2, 0) is 16.1 Å². The minimum Gasteiger partial charge on any atom is -0.489 e. The van der Waals surface area contributed by atoms with Crippen molar-refractivity contribution in [3.05, 3.63) is 71.8 Å². The molecule has 0 spiro atoms. The maximum Gasteiger partial charge on any atom is 0.409 e. The summed E-state index contributed by atoms with van der Waals surface area (Å²) in [5.41, 5.74) is 2.00. The monoisotopic (exact) mass is 394 g/mol. The SMILES string of the molecule is CCOC(=O)N1CCN(C(=O)C=Cc2cccc(OCc3ccccc3)c2)CC1. The smallest absolute Gasteiger partial charge is 0.409 e. The third-order valence-electron chi connectivity index (χ3n) is 4.64. The van der Waals surface area contributed by atoms with Crippen LogP contribution in [0.15, 0.2) is 60.7 Å². The molecule has 2 aromatic rings. The number of piperazine rings is 1. The fourth-order valence-corrected chi connectivity index (χ4v) is 3.05. The van der Waals surface area contributed by atoms with Gasteiger partial charge in [0.2, 0.25) is 5.91 Å². The largest absolute Gasteiger partial charge is 0.489 e. The predicted molar refractivity (Wildman–Crippen MR) is 111 cm³/mol. The molecule has 1 saturated heterocycles. The number of nitrogens with zero attached hydrogens (tertiary/aromatic N) is 2. The summed E-state index contributed by atoms with van der Waals surface area (Å²) in [5, 5.41) is 0. The standard InChI is InChI=1S/C23H26N2O4/c1-2-28-23(27)25-15-13-24(14-16-25)22(26)12-11-19-9-6-10-21(17-19)29-18-20-7-4-3-5-8-20/h3-12,17H,2,13-16,18H2,1H3. The van der Waals surface area contributed by atoms with Gasteiger partial charge >= 0.3 is 6.09 Å². The molecule has 0 saturated carbocycles. The van der Waals surface area contributed by atoms with E-state index in [1.807, 2.05) is 54.6 Å². The Labute approximate surface area is 171 Å². The maximum absolute atomic E-state index is 12.4. The van der Waals surface area contributed by atoms with Gasteiger partial charge in [0.15, 0.2) is 0 Å². The van der Waals surface area contributed by atoms with Crippen LogP contribution in [0.3, 0.4) is 0 Å². The highest BCUT2D eigenvalue weighted by atomic mass is 16.6. The van der Waals surface area contributed by atoms with Gasteiger partial charge in [-0.2, -0.15) is 0 Å². The van der Waals surface area contributed by atoms with Crippen molar-refractivity contribution in [2.45, 2.75) is 13.5 Å². The van der Waals surface area contributed by atoms with Crippen molar-refractivity contribution in [2.24, 2.45) is 0 Å². The molecule has 6 nitrogen and oxygen atoms in total. The van der Waals surface area contributed by atoms with Gasteiger partial charge in [0.25, 0.3) is 0 Å². The molecule has 6 heteroatoms. The van der Waals surface area contributed by atoms with Crippen LogP contribution >= 0.6 is 0 Å². The number of carbonyl (C=O) groups excluding carboxylic acids is 2. The summed E-state index contributed by atoms with van der Waals surface area (Å²) >= 11 is 0. The third-order valence-corrected chi connectivity index (χ3v) is 4.64. The highest BCUT2D eigenvalue weighted by Gasteiger charge is 2.23. The molecule has 0 aliphatic carbocycles. The van der Waals surface area contributed by atoms with Crippen LogP contribution in [0.5, 0.6) is 5.75 Å². The van der Waals surface area contributed by atoms with Crippen molar-refractivity contribution in [3.8, 4) is 5.75 Å². The van der Waals surface area contributed by atoms with Crippen molar-refractivity contribution in [1.82, 2.24) is 9.80 Å². The van der Waals surface area contributed by atoms with E-state index < -0.39 is 0 Å². The van der Waals surface area contributed by atoms with Gasteiger partial charge in [-0.15, -0.1) is 0 Å². The van der Waals surface area contributed by atoms with Gasteiger partial charge in [0.05, 0.1) is 6.61 Å². The highest BCUT2D eigenvalue weighted by Crippen LogP contribution is 2.16. The lowest BCUT2D eigenvalue weighted by atomic mass is 10.2. The van der Waals surface area contributed by atoms with Gasteiger partial charge in [0, 0.05) is 32.3 Å². The van der Waals surface area contributed by atoms with Gasteiger partial charge in [0.1, 0.15) is 12.4 Å². The molecule has 2 amide bonds. The lowest BCUT2D eigenvalue weighted by Crippen LogP contribution is -2.50. The summed E-state index contributed by atoms with van der Waals surface area (Å²) in [6.07, 6.45) is 3.04. The van der Waals surface area contributed by atoms with E-state index in [-0.39, 0.29) is 12.0 Å². The molecule has 1 heterocycles. The molecule has 1 aliphatic rings. The normalized spacial score (nSPS) is 14.1. The van der Waals surface area contributed by atoms with Crippen LogP contribution in [0, 0.1) is 0 Å². The Kier molecular flexibility index (Phi) is 7.28. The number of hydrogen-bond donors (Lipinski definition) is 0. The molecule has 0 N–H and O–H groups in total. The summed E-state index contributed by atoms with van der Waals surface area (Å²) in [4.78, 5) is 27.5. The summed E-state index contributed by atoms with van der Waals surface area (Å²) in [6, 6.07) is 17.6. The first-order valence-electron chi connectivity index (χ1n) is 9.81. The predicted octanol–water partition coefficient (Wildman–Crippen LogP) is 3.58. The molecule has 0 aromatic heterocycles. The van der Waals surface area contributed by atoms with Crippen LogP contribution in [0.2, 0.25) is 0 Å². The number of hydrogen-bond acceptors (Lipinski definition) is 4. The average Bonchev–Trinajstić information content (AvgIpc) is 2.77. The Morgan fingerprint density at radius 2 is 1.69 bits per heavy atom. The van der Waals surface area contributed by atoms with Crippen molar-refractivity contribution in [1.29, 1.82) is 0 Å². The molecular formula is C23H26N2O4. The first-order chi connectivity index (χ1) is 14.2. The zero-order chi connectivity index (χ0) is 20.5. The summed E-state index contributed by atoms with van der Waals surface area (Å²) in [5.74, 6) is 0.690.